The van der Waals surface area contributed by atoms with E-state index in [9.17, 15) is 34.8 Å². The van der Waals surface area contributed by atoms with Crippen LogP contribution in [-0.4, -0.2) is 62.1 Å². The van der Waals surface area contributed by atoms with E-state index in [2.05, 4.69) is 25.5 Å². The minimum absolute atomic E-state index is 0.0281. The Morgan fingerprint density at radius 1 is 0.932 bits per heavy atom. The summed E-state index contributed by atoms with van der Waals surface area (Å²) in [6.45, 7) is 10.9. The lowest BCUT2D eigenvalue weighted by atomic mass is 9.59. The van der Waals surface area contributed by atoms with Gasteiger partial charge in [0, 0.05) is 37.5 Å². The zero-order valence-corrected chi connectivity index (χ0v) is 27.9. The van der Waals surface area contributed by atoms with Gasteiger partial charge < -0.3 is 25.2 Å². The molecule has 0 radical (unpaired) electrons. The summed E-state index contributed by atoms with van der Waals surface area (Å²) in [5.74, 6) is -2.70. The highest BCUT2D eigenvalue weighted by Crippen LogP contribution is 2.72. The Kier molecular flexibility index (Phi) is 12.6. The minimum Gasteiger partial charge on any atom is -0.393 e. The largest absolute Gasteiger partial charge is 0.393 e. The first kappa shape index (κ1) is 36.6. The Bertz CT molecular complexity index is 1090. The van der Waals surface area contributed by atoms with Crippen LogP contribution in [0, 0.1) is 35.0 Å². The maximum atomic E-state index is 12.7. The predicted octanol–water partition coefficient (Wildman–Crippen LogP) is 5.59. The van der Waals surface area contributed by atoms with Crippen LogP contribution in [0.3, 0.4) is 0 Å². The first-order chi connectivity index (χ1) is 20.7. The number of aliphatic hydroxyl groups excluding tert-OH is 2. The molecule has 0 aliphatic heterocycles. The molecule has 8 atom stereocenters. The second kappa shape index (κ2) is 15.1. The minimum atomic E-state index is -1.75. The van der Waals surface area contributed by atoms with Gasteiger partial charge in [0.05, 0.1) is 18.3 Å². The van der Waals surface area contributed by atoms with Crippen molar-refractivity contribution in [2.24, 2.45) is 35.0 Å². The van der Waals surface area contributed by atoms with Gasteiger partial charge in [-0.25, -0.2) is 0 Å². The van der Waals surface area contributed by atoms with E-state index in [1.807, 2.05) is 13.0 Å². The molecule has 0 aromatic heterocycles. The number of hydrogen-bond acceptors (Lipinski definition) is 8. The molecule has 4 rings (SSSR count). The molecule has 1 unspecified atom stereocenters. The fourth-order valence-corrected chi connectivity index (χ4v) is 8.53. The lowest BCUT2D eigenvalue weighted by Gasteiger charge is -2.50. The van der Waals surface area contributed by atoms with Crippen LogP contribution in [0.5, 0.6) is 0 Å². The third-order valence-corrected chi connectivity index (χ3v) is 11.1. The van der Waals surface area contributed by atoms with Gasteiger partial charge in [-0.3, -0.25) is 14.4 Å². The fraction of sp³-hybridized carbons (Fsp3) is 0.806. The topological polar surface area (TPSA) is 141 Å². The molecule has 0 aromatic carbocycles. The quantitative estimate of drug-likeness (QED) is 0.0906. The molecule has 44 heavy (non-hydrogen) atoms. The highest BCUT2D eigenvalue weighted by molar-refractivity contribution is 6.04. The second-order valence-corrected chi connectivity index (χ2v) is 14.6. The highest BCUT2D eigenvalue weighted by Gasteiger charge is 2.76. The normalized spacial score (nSPS) is 34.7. The summed E-state index contributed by atoms with van der Waals surface area (Å²) in [4.78, 5) is 34.3. The van der Waals surface area contributed by atoms with Gasteiger partial charge in [0.15, 0.2) is 5.78 Å². The van der Waals surface area contributed by atoms with E-state index in [-0.39, 0.29) is 47.9 Å². The number of Topliss-reactive ketones (excluding diaryl/α,β-unsaturated/α-hetero) is 1. The molecular formula is C36H58O8. The lowest BCUT2D eigenvalue weighted by Crippen LogP contribution is -2.62. The summed E-state index contributed by atoms with van der Waals surface area (Å²) in [5.41, 5.74) is -2.26. The number of carbonyl (C=O) groups excluding carboxylic acids is 3. The molecular weight excluding hydrogens is 560 g/mol. The van der Waals surface area contributed by atoms with Crippen molar-refractivity contribution in [2.75, 3.05) is 6.61 Å². The molecule has 0 bridgehead atoms. The summed E-state index contributed by atoms with van der Waals surface area (Å²) in [6.07, 6.45) is 17.1. The molecule has 0 aromatic rings. The van der Waals surface area contributed by atoms with E-state index in [1.54, 1.807) is 13.0 Å². The first-order valence-corrected chi connectivity index (χ1v) is 17.1. The molecule has 250 valence electrons. The van der Waals surface area contributed by atoms with Gasteiger partial charge in [0.1, 0.15) is 5.60 Å². The van der Waals surface area contributed by atoms with Crippen LogP contribution >= 0.6 is 0 Å². The molecule has 8 nitrogen and oxygen atoms in total. The van der Waals surface area contributed by atoms with E-state index >= 15 is 0 Å². The highest BCUT2D eigenvalue weighted by atomic mass is 16.6. The second-order valence-electron chi connectivity index (χ2n) is 14.6. The fourth-order valence-electron chi connectivity index (χ4n) is 8.53. The van der Waals surface area contributed by atoms with Gasteiger partial charge in [-0.15, -0.1) is 0 Å². The number of fused-ring (bicyclic) bond motifs is 5. The molecule has 8 heteroatoms. The van der Waals surface area contributed by atoms with Gasteiger partial charge in [-0.05, 0) is 41.7 Å². The van der Waals surface area contributed by atoms with E-state index < -0.39 is 35.1 Å². The lowest BCUT2D eigenvalue weighted by molar-refractivity contribution is -0.186. The summed E-state index contributed by atoms with van der Waals surface area (Å²) < 4.78 is 4.46. The van der Waals surface area contributed by atoms with E-state index in [1.165, 1.54) is 64.7 Å². The molecule has 2 fully saturated rings. The third kappa shape index (κ3) is 7.56. The summed E-state index contributed by atoms with van der Waals surface area (Å²) in [7, 11) is 0. The van der Waals surface area contributed by atoms with Gasteiger partial charge in [0.2, 0.25) is 0 Å². The Morgan fingerprint density at radius 3 is 2.00 bits per heavy atom. The Labute approximate surface area is 264 Å². The number of rotatable bonds is 13. The molecule has 0 heterocycles. The molecule has 2 saturated carbocycles. The van der Waals surface area contributed by atoms with Gasteiger partial charge in [-0.1, -0.05) is 104 Å². The Balaban J connectivity index is 0.000000252. The van der Waals surface area contributed by atoms with Crippen molar-refractivity contribution in [2.45, 2.75) is 142 Å². The molecule has 4 aliphatic carbocycles. The van der Waals surface area contributed by atoms with Crippen LogP contribution in [0.4, 0.5) is 0 Å². The number of ketones is 1. The third-order valence-electron chi connectivity index (χ3n) is 11.1. The summed E-state index contributed by atoms with van der Waals surface area (Å²) >= 11 is 0. The number of unbranched alkanes of at least 4 members (excludes halogenated alkanes) is 10. The van der Waals surface area contributed by atoms with Crippen LogP contribution in [-0.2, 0) is 19.1 Å². The predicted molar refractivity (Wildman–Crippen MR) is 169 cm³/mol. The Morgan fingerprint density at radius 2 is 1.48 bits per heavy atom. The average molecular weight is 619 g/mol. The maximum absolute atomic E-state index is 12.7. The van der Waals surface area contributed by atoms with Crippen LogP contribution < -0.4 is 0 Å². The van der Waals surface area contributed by atoms with Crippen molar-refractivity contribution < 1.29 is 39.5 Å². The molecule has 0 saturated heterocycles. The number of hydrogen-bond donors (Lipinski definition) is 4. The van der Waals surface area contributed by atoms with Crippen molar-refractivity contribution in [1.82, 2.24) is 0 Å². The van der Waals surface area contributed by atoms with Crippen LogP contribution in [0.15, 0.2) is 23.3 Å². The average Bonchev–Trinajstić information content (AvgIpc) is 3.49. The zero-order valence-electron chi connectivity index (χ0n) is 27.9. The van der Waals surface area contributed by atoms with Crippen molar-refractivity contribution in [3.05, 3.63) is 23.3 Å². The number of aliphatic hydroxyl groups is 4. The van der Waals surface area contributed by atoms with Crippen LogP contribution in [0.25, 0.3) is 0 Å². The van der Waals surface area contributed by atoms with Crippen molar-refractivity contribution in [3.63, 3.8) is 0 Å². The molecule has 0 amide bonds. The SMILES string of the molecule is CC1=C[C@H]2[C@@]3(O)[C@H](C)[C@H](O)C4[C@H]([C@@H]3C=C(CO)C[C@]2(O)C1=O)C4(C)C.CCCCCCCCCCCCCC(=O)OC(C)=O. The smallest absolute Gasteiger partial charge is 0.313 e. The molecule has 0 spiro atoms. The van der Waals surface area contributed by atoms with E-state index in [4.69, 9.17) is 0 Å². The van der Waals surface area contributed by atoms with E-state index in [0.29, 0.717) is 17.6 Å². The maximum Gasteiger partial charge on any atom is 0.313 e. The van der Waals surface area contributed by atoms with Crippen molar-refractivity contribution in [1.29, 1.82) is 0 Å². The molecule has 4 N–H and O–H groups in total. The van der Waals surface area contributed by atoms with Crippen LogP contribution in [0.1, 0.15) is 125 Å². The number of carbonyl (C=O) groups is 3. The monoisotopic (exact) mass is 618 g/mol. The zero-order chi connectivity index (χ0) is 32.9. The number of esters is 2. The van der Waals surface area contributed by atoms with Crippen molar-refractivity contribution in [3.8, 4) is 0 Å². The van der Waals surface area contributed by atoms with E-state index in [0.717, 1.165) is 12.8 Å². The van der Waals surface area contributed by atoms with Crippen LogP contribution in [0.2, 0.25) is 0 Å². The number of ether oxygens (including phenoxy) is 1. The summed E-state index contributed by atoms with van der Waals surface area (Å²) in [6, 6.07) is 0. The first-order valence-electron chi connectivity index (χ1n) is 17.1. The Hall–Kier alpha value is -1.87. The van der Waals surface area contributed by atoms with Gasteiger partial charge in [0.25, 0.3) is 0 Å². The van der Waals surface area contributed by atoms with Crippen molar-refractivity contribution >= 4 is 17.7 Å². The molecule has 4 aliphatic rings. The summed E-state index contributed by atoms with van der Waals surface area (Å²) in [5, 5.41) is 43.8. The van der Waals surface area contributed by atoms with Gasteiger partial charge in [-0.2, -0.15) is 0 Å². The standard InChI is InChI=1S/C20H28O5.C16H30O3/c1-9-5-13-19(24,17(9)23)7-11(8-21)6-12-14-15(18(14,3)4)16(22)10(2)20(12,13)25;1-3-4-5-6-7-8-9-10-11-12-13-14-16(18)19-15(2)17/h5-6,10,12-16,21-22,24-25H,7-8H2,1-4H3;3-14H2,1-2H3/t10-,12+,13-,14+,15?,16+,19-,20-;/m1./s1. The van der Waals surface area contributed by atoms with Gasteiger partial charge >= 0.3 is 11.9 Å².